The highest BCUT2D eigenvalue weighted by Crippen LogP contribution is 2.10. The van der Waals surface area contributed by atoms with Crippen molar-refractivity contribution in [1.29, 1.82) is 0 Å². The first-order chi connectivity index (χ1) is 6.06. The predicted molar refractivity (Wildman–Crippen MR) is 45.3 cm³/mol. The average molecular weight is 182 g/mol. The number of carbonyl (C=O) groups excluding carboxylic acids is 2. The standard InChI is InChI=1S/C8H10N2O3/c1-4-3-6(11)7(5(2)10-13)8(12)9-4/h3,7,13H,1-2H3,(H,9,12)/b10-5+. The molecule has 1 atom stereocenters. The monoisotopic (exact) mass is 182 g/mol. The van der Waals surface area contributed by atoms with Crippen molar-refractivity contribution in [3.8, 4) is 0 Å². The van der Waals surface area contributed by atoms with E-state index in [-0.39, 0.29) is 11.5 Å². The van der Waals surface area contributed by atoms with E-state index < -0.39 is 11.8 Å². The van der Waals surface area contributed by atoms with Crippen LogP contribution in [0, 0.1) is 5.92 Å². The molecule has 0 aliphatic carbocycles. The van der Waals surface area contributed by atoms with Crippen molar-refractivity contribution in [3.63, 3.8) is 0 Å². The minimum absolute atomic E-state index is 0.103. The van der Waals surface area contributed by atoms with E-state index in [0.29, 0.717) is 5.70 Å². The Labute approximate surface area is 75.1 Å². The molecule has 5 nitrogen and oxygen atoms in total. The molecule has 2 N–H and O–H groups in total. The molecule has 1 aliphatic heterocycles. The predicted octanol–water partition coefficient (Wildman–Crippen LogP) is 0.0554. The molecule has 0 aromatic carbocycles. The summed E-state index contributed by atoms with van der Waals surface area (Å²) >= 11 is 0. The van der Waals surface area contributed by atoms with Gasteiger partial charge in [0.25, 0.3) is 0 Å². The Bertz CT molecular complexity index is 317. The number of oxime groups is 1. The molecule has 5 heteroatoms. The van der Waals surface area contributed by atoms with Crippen LogP contribution in [0.5, 0.6) is 0 Å². The van der Waals surface area contributed by atoms with Gasteiger partial charge in [-0.25, -0.2) is 0 Å². The van der Waals surface area contributed by atoms with Crippen molar-refractivity contribution in [2.24, 2.45) is 11.1 Å². The summed E-state index contributed by atoms with van der Waals surface area (Å²) in [5.41, 5.74) is 0.614. The topological polar surface area (TPSA) is 78.8 Å². The molecule has 1 rings (SSSR count). The maximum Gasteiger partial charge on any atom is 0.240 e. The van der Waals surface area contributed by atoms with Crippen LogP contribution in [0.4, 0.5) is 0 Å². The molecule has 0 saturated carbocycles. The van der Waals surface area contributed by atoms with Gasteiger partial charge in [0.05, 0.1) is 5.71 Å². The first kappa shape index (κ1) is 9.44. The zero-order valence-electron chi connectivity index (χ0n) is 7.37. The van der Waals surface area contributed by atoms with Crippen LogP contribution in [0.15, 0.2) is 16.9 Å². The molecule has 70 valence electrons. The fraction of sp³-hybridized carbons (Fsp3) is 0.375. The maximum absolute atomic E-state index is 11.3. The van der Waals surface area contributed by atoms with Crippen molar-refractivity contribution >= 4 is 17.4 Å². The number of hydrogen-bond donors (Lipinski definition) is 2. The minimum Gasteiger partial charge on any atom is -0.411 e. The van der Waals surface area contributed by atoms with Crippen molar-refractivity contribution in [2.45, 2.75) is 13.8 Å². The Morgan fingerprint density at radius 2 is 2.23 bits per heavy atom. The Balaban J connectivity index is 3.00. The molecular formula is C8H10N2O3. The summed E-state index contributed by atoms with van der Waals surface area (Å²) in [6, 6.07) is 0. The number of amides is 1. The van der Waals surface area contributed by atoms with Crippen LogP contribution in [0.3, 0.4) is 0 Å². The van der Waals surface area contributed by atoms with Gasteiger partial charge in [-0.05, 0) is 13.8 Å². The Kier molecular flexibility index (Phi) is 2.46. The van der Waals surface area contributed by atoms with Gasteiger partial charge in [0.2, 0.25) is 5.91 Å². The summed E-state index contributed by atoms with van der Waals surface area (Å²) in [7, 11) is 0. The maximum atomic E-state index is 11.3. The minimum atomic E-state index is -0.978. The third-order valence-corrected chi connectivity index (χ3v) is 1.80. The van der Waals surface area contributed by atoms with Gasteiger partial charge in [0, 0.05) is 11.8 Å². The summed E-state index contributed by atoms with van der Waals surface area (Å²) in [5.74, 6) is -1.77. The number of nitrogens with one attached hydrogen (secondary N) is 1. The lowest BCUT2D eigenvalue weighted by atomic mass is 9.94. The van der Waals surface area contributed by atoms with E-state index in [1.165, 1.54) is 13.0 Å². The third-order valence-electron chi connectivity index (χ3n) is 1.80. The SMILES string of the molecule is CC1=CC(=O)C(/C(C)=N/O)C(=O)N1. The third kappa shape index (κ3) is 1.74. The van der Waals surface area contributed by atoms with Crippen molar-refractivity contribution < 1.29 is 14.8 Å². The van der Waals surface area contributed by atoms with Gasteiger partial charge in [-0.1, -0.05) is 5.16 Å². The Morgan fingerprint density at radius 1 is 1.62 bits per heavy atom. The number of ketones is 1. The number of allylic oxidation sites excluding steroid dienone is 2. The zero-order chi connectivity index (χ0) is 10.0. The van der Waals surface area contributed by atoms with Gasteiger partial charge >= 0.3 is 0 Å². The quantitative estimate of drug-likeness (QED) is 0.260. The second-order valence-electron chi connectivity index (χ2n) is 2.89. The molecule has 0 spiro atoms. The summed E-state index contributed by atoms with van der Waals surface area (Å²) in [6.07, 6.45) is 1.32. The van der Waals surface area contributed by atoms with Gasteiger partial charge in [-0.3, -0.25) is 9.59 Å². The number of rotatable bonds is 1. The van der Waals surface area contributed by atoms with Crippen LogP contribution in [0.1, 0.15) is 13.8 Å². The largest absolute Gasteiger partial charge is 0.411 e. The molecule has 0 radical (unpaired) electrons. The van der Waals surface area contributed by atoms with E-state index in [2.05, 4.69) is 10.5 Å². The smallest absolute Gasteiger partial charge is 0.240 e. The molecule has 0 aromatic rings. The molecule has 0 fully saturated rings. The number of hydrogen-bond acceptors (Lipinski definition) is 4. The van der Waals surface area contributed by atoms with Crippen LogP contribution in [0.25, 0.3) is 0 Å². The molecule has 13 heavy (non-hydrogen) atoms. The van der Waals surface area contributed by atoms with Crippen LogP contribution in [-0.2, 0) is 9.59 Å². The van der Waals surface area contributed by atoms with Crippen LogP contribution in [-0.4, -0.2) is 22.6 Å². The highest BCUT2D eigenvalue weighted by molar-refractivity contribution is 6.24. The number of carbonyl (C=O) groups is 2. The fourth-order valence-electron chi connectivity index (χ4n) is 1.18. The van der Waals surface area contributed by atoms with Crippen molar-refractivity contribution in [3.05, 3.63) is 11.8 Å². The summed E-state index contributed by atoms with van der Waals surface area (Å²) < 4.78 is 0. The lowest BCUT2D eigenvalue weighted by molar-refractivity contribution is -0.129. The lowest BCUT2D eigenvalue weighted by Crippen LogP contribution is -2.42. The van der Waals surface area contributed by atoms with E-state index >= 15 is 0 Å². The van der Waals surface area contributed by atoms with E-state index in [0.717, 1.165) is 0 Å². The summed E-state index contributed by atoms with van der Waals surface area (Å²) in [5, 5.41) is 13.8. The van der Waals surface area contributed by atoms with Gasteiger partial charge in [-0.2, -0.15) is 0 Å². The molecule has 0 bridgehead atoms. The van der Waals surface area contributed by atoms with Crippen LogP contribution < -0.4 is 5.32 Å². The second kappa shape index (κ2) is 3.38. The molecule has 1 aliphatic rings. The molecular weight excluding hydrogens is 172 g/mol. The Hall–Kier alpha value is -1.65. The van der Waals surface area contributed by atoms with E-state index in [1.54, 1.807) is 6.92 Å². The van der Waals surface area contributed by atoms with Crippen molar-refractivity contribution in [2.75, 3.05) is 0 Å². The molecule has 1 amide bonds. The molecule has 0 aromatic heterocycles. The number of nitrogens with zero attached hydrogens (tertiary/aromatic N) is 1. The fourth-order valence-corrected chi connectivity index (χ4v) is 1.18. The van der Waals surface area contributed by atoms with Gasteiger partial charge in [0.1, 0.15) is 5.92 Å². The van der Waals surface area contributed by atoms with Crippen LogP contribution >= 0.6 is 0 Å². The first-order valence-corrected chi connectivity index (χ1v) is 3.78. The Morgan fingerprint density at radius 3 is 2.69 bits per heavy atom. The highest BCUT2D eigenvalue weighted by atomic mass is 16.4. The highest BCUT2D eigenvalue weighted by Gasteiger charge is 2.31. The van der Waals surface area contributed by atoms with E-state index in [9.17, 15) is 9.59 Å². The zero-order valence-corrected chi connectivity index (χ0v) is 7.37. The molecule has 1 heterocycles. The molecule has 0 saturated heterocycles. The van der Waals surface area contributed by atoms with Crippen molar-refractivity contribution in [1.82, 2.24) is 5.32 Å². The van der Waals surface area contributed by atoms with Gasteiger partial charge in [-0.15, -0.1) is 0 Å². The lowest BCUT2D eigenvalue weighted by Gasteiger charge is -2.18. The molecule has 1 unspecified atom stereocenters. The van der Waals surface area contributed by atoms with Gasteiger partial charge < -0.3 is 10.5 Å². The van der Waals surface area contributed by atoms with E-state index in [1.807, 2.05) is 0 Å². The average Bonchev–Trinajstić information content (AvgIpc) is 2.02. The normalized spacial score (nSPS) is 24.0. The van der Waals surface area contributed by atoms with E-state index in [4.69, 9.17) is 5.21 Å². The summed E-state index contributed by atoms with van der Waals surface area (Å²) in [4.78, 5) is 22.5. The van der Waals surface area contributed by atoms with Gasteiger partial charge in [0.15, 0.2) is 5.78 Å². The second-order valence-corrected chi connectivity index (χ2v) is 2.89. The van der Waals surface area contributed by atoms with Crippen LogP contribution in [0.2, 0.25) is 0 Å². The summed E-state index contributed by atoms with van der Waals surface area (Å²) in [6.45, 7) is 3.05. The first-order valence-electron chi connectivity index (χ1n) is 3.78.